The normalized spacial score (nSPS) is 19.4. The Bertz CT molecular complexity index is 854. The second-order valence-electron chi connectivity index (χ2n) is 7.47. The zero-order valence-electron chi connectivity index (χ0n) is 16.3. The predicted molar refractivity (Wildman–Crippen MR) is 106 cm³/mol. The van der Waals surface area contributed by atoms with Crippen molar-refractivity contribution in [3.8, 4) is 0 Å². The van der Waals surface area contributed by atoms with E-state index in [-0.39, 0.29) is 30.7 Å². The summed E-state index contributed by atoms with van der Waals surface area (Å²) in [4.78, 5) is 29.3. The zero-order valence-corrected chi connectivity index (χ0v) is 16.3. The molecule has 148 valence electrons. The van der Waals surface area contributed by atoms with Crippen LogP contribution in [-0.4, -0.2) is 59.0 Å². The van der Waals surface area contributed by atoms with Crippen molar-refractivity contribution < 1.29 is 14.3 Å². The molecule has 0 N–H and O–H groups in total. The molecule has 0 radical (unpaired) electrons. The van der Waals surface area contributed by atoms with E-state index in [2.05, 4.69) is 35.9 Å². The van der Waals surface area contributed by atoms with Gasteiger partial charge >= 0.3 is 0 Å². The van der Waals surface area contributed by atoms with Crippen LogP contribution in [0.3, 0.4) is 0 Å². The molecule has 28 heavy (non-hydrogen) atoms. The molecule has 0 unspecified atom stereocenters. The molecule has 1 aromatic carbocycles. The smallest absolute Gasteiger partial charge is 0.223 e. The van der Waals surface area contributed by atoms with Crippen LogP contribution < -0.4 is 0 Å². The molecule has 2 aliphatic rings. The number of benzene rings is 1. The standard InChI is InChI=1S/C22H27N3O3/c1-17-5-2-3-6-18(17)22-19-7-4-10-23(19)11-12-25(22)21(27)9-8-20(26)24-13-15-28-16-14-24/h2-7,10,22H,8-9,11-16H2,1H3/t22-/m1/s1. The maximum atomic E-state index is 13.1. The molecule has 1 aromatic heterocycles. The average molecular weight is 381 g/mol. The topological polar surface area (TPSA) is 54.8 Å². The number of carbonyl (C=O) groups excluding carboxylic acids is 2. The molecule has 2 amide bonds. The number of hydrogen-bond acceptors (Lipinski definition) is 3. The Morgan fingerprint density at radius 3 is 2.50 bits per heavy atom. The molecule has 1 fully saturated rings. The van der Waals surface area contributed by atoms with Gasteiger partial charge in [0.25, 0.3) is 0 Å². The van der Waals surface area contributed by atoms with Gasteiger partial charge < -0.3 is 19.1 Å². The lowest BCUT2D eigenvalue weighted by Crippen LogP contribution is -2.44. The van der Waals surface area contributed by atoms with Crippen LogP contribution in [0, 0.1) is 6.92 Å². The van der Waals surface area contributed by atoms with E-state index in [4.69, 9.17) is 4.74 Å². The van der Waals surface area contributed by atoms with Gasteiger partial charge in [-0.1, -0.05) is 24.3 Å². The van der Waals surface area contributed by atoms with Crippen LogP contribution in [0.15, 0.2) is 42.6 Å². The van der Waals surface area contributed by atoms with Crippen molar-refractivity contribution in [2.45, 2.75) is 32.4 Å². The quantitative estimate of drug-likeness (QED) is 0.817. The summed E-state index contributed by atoms with van der Waals surface area (Å²) in [6, 6.07) is 12.3. The summed E-state index contributed by atoms with van der Waals surface area (Å²) in [6.45, 7) is 5.93. The summed E-state index contributed by atoms with van der Waals surface area (Å²) < 4.78 is 7.52. The SMILES string of the molecule is Cc1ccccc1[C@@H]1c2cccn2CCN1C(=O)CCC(=O)N1CCOCC1. The fraction of sp³-hybridized carbons (Fsp3) is 0.455. The van der Waals surface area contributed by atoms with Gasteiger partial charge in [-0.2, -0.15) is 0 Å². The predicted octanol–water partition coefficient (Wildman–Crippen LogP) is 2.37. The summed E-state index contributed by atoms with van der Waals surface area (Å²) in [7, 11) is 0. The van der Waals surface area contributed by atoms with E-state index < -0.39 is 0 Å². The van der Waals surface area contributed by atoms with Gasteiger partial charge in [-0.3, -0.25) is 9.59 Å². The Morgan fingerprint density at radius 2 is 1.71 bits per heavy atom. The van der Waals surface area contributed by atoms with Gasteiger partial charge in [-0.05, 0) is 30.2 Å². The lowest BCUT2D eigenvalue weighted by Gasteiger charge is -2.38. The monoisotopic (exact) mass is 381 g/mol. The number of nitrogens with zero attached hydrogens (tertiary/aromatic N) is 3. The fourth-order valence-electron chi connectivity index (χ4n) is 4.20. The van der Waals surface area contributed by atoms with Gasteiger partial charge in [-0.15, -0.1) is 0 Å². The largest absolute Gasteiger partial charge is 0.378 e. The number of amides is 2. The molecule has 2 aromatic rings. The van der Waals surface area contributed by atoms with Gasteiger partial charge in [0.1, 0.15) is 0 Å². The number of hydrogen-bond donors (Lipinski definition) is 0. The molecule has 3 heterocycles. The number of aryl methyl sites for hydroxylation is 1. The lowest BCUT2D eigenvalue weighted by atomic mass is 9.95. The van der Waals surface area contributed by atoms with E-state index in [1.165, 1.54) is 5.56 Å². The molecule has 0 saturated carbocycles. The minimum Gasteiger partial charge on any atom is -0.378 e. The first-order chi connectivity index (χ1) is 13.6. The molecule has 4 rings (SSSR count). The Balaban J connectivity index is 1.51. The minimum absolute atomic E-state index is 0.0438. The summed E-state index contributed by atoms with van der Waals surface area (Å²) in [5.41, 5.74) is 3.45. The third-order valence-corrected chi connectivity index (χ3v) is 5.76. The van der Waals surface area contributed by atoms with Crippen LogP contribution in [0.1, 0.15) is 35.7 Å². The number of ether oxygens (including phenoxy) is 1. The number of rotatable bonds is 4. The van der Waals surface area contributed by atoms with E-state index >= 15 is 0 Å². The third kappa shape index (κ3) is 3.69. The van der Waals surface area contributed by atoms with E-state index in [1.807, 2.05) is 23.1 Å². The molecule has 6 nitrogen and oxygen atoms in total. The molecule has 0 aliphatic carbocycles. The van der Waals surface area contributed by atoms with Crippen LogP contribution in [0.2, 0.25) is 0 Å². The summed E-state index contributed by atoms with van der Waals surface area (Å²) in [6.07, 6.45) is 2.58. The third-order valence-electron chi connectivity index (χ3n) is 5.76. The summed E-state index contributed by atoms with van der Waals surface area (Å²) >= 11 is 0. The molecule has 0 spiro atoms. The molecular formula is C22H27N3O3. The summed E-state index contributed by atoms with van der Waals surface area (Å²) in [5.74, 6) is 0.0896. The van der Waals surface area contributed by atoms with Crippen LogP contribution >= 0.6 is 0 Å². The van der Waals surface area contributed by atoms with Crippen molar-refractivity contribution in [1.29, 1.82) is 0 Å². The number of aromatic nitrogens is 1. The Labute approximate surface area is 165 Å². The van der Waals surface area contributed by atoms with Crippen molar-refractivity contribution in [2.24, 2.45) is 0 Å². The first kappa shape index (κ1) is 18.7. The molecule has 1 saturated heterocycles. The van der Waals surface area contributed by atoms with E-state index in [0.29, 0.717) is 32.8 Å². The van der Waals surface area contributed by atoms with Crippen molar-refractivity contribution >= 4 is 11.8 Å². The van der Waals surface area contributed by atoms with Gasteiger partial charge in [-0.25, -0.2) is 0 Å². The maximum Gasteiger partial charge on any atom is 0.223 e. The van der Waals surface area contributed by atoms with Crippen LogP contribution in [0.5, 0.6) is 0 Å². The highest BCUT2D eigenvalue weighted by Crippen LogP contribution is 2.34. The summed E-state index contributed by atoms with van der Waals surface area (Å²) in [5, 5.41) is 0. The Morgan fingerprint density at radius 1 is 0.964 bits per heavy atom. The van der Waals surface area contributed by atoms with Gasteiger partial charge in [0.05, 0.1) is 19.3 Å². The molecule has 2 aliphatic heterocycles. The second-order valence-corrected chi connectivity index (χ2v) is 7.47. The van der Waals surface area contributed by atoms with Crippen LogP contribution in [0.4, 0.5) is 0 Å². The van der Waals surface area contributed by atoms with Crippen molar-refractivity contribution in [3.05, 3.63) is 59.4 Å². The van der Waals surface area contributed by atoms with Crippen LogP contribution in [0.25, 0.3) is 0 Å². The first-order valence-corrected chi connectivity index (χ1v) is 10.0. The van der Waals surface area contributed by atoms with Crippen molar-refractivity contribution in [2.75, 3.05) is 32.8 Å². The molecule has 6 heteroatoms. The highest BCUT2D eigenvalue weighted by Gasteiger charge is 2.33. The lowest BCUT2D eigenvalue weighted by molar-refractivity contribution is -0.140. The van der Waals surface area contributed by atoms with Gasteiger partial charge in [0.2, 0.25) is 11.8 Å². The van der Waals surface area contributed by atoms with E-state index in [0.717, 1.165) is 17.8 Å². The number of carbonyl (C=O) groups is 2. The van der Waals surface area contributed by atoms with Crippen LogP contribution in [-0.2, 0) is 20.9 Å². The molecule has 0 bridgehead atoms. The maximum absolute atomic E-state index is 13.1. The first-order valence-electron chi connectivity index (χ1n) is 10.0. The van der Waals surface area contributed by atoms with Crippen molar-refractivity contribution in [3.63, 3.8) is 0 Å². The highest BCUT2D eigenvalue weighted by molar-refractivity contribution is 5.84. The van der Waals surface area contributed by atoms with Crippen molar-refractivity contribution in [1.82, 2.24) is 14.4 Å². The highest BCUT2D eigenvalue weighted by atomic mass is 16.5. The van der Waals surface area contributed by atoms with Gasteiger partial charge in [0, 0.05) is 50.9 Å². The fourth-order valence-corrected chi connectivity index (χ4v) is 4.20. The minimum atomic E-state index is -0.101. The molecular weight excluding hydrogens is 354 g/mol. The Kier molecular flexibility index (Phi) is 5.48. The molecule has 1 atom stereocenters. The number of fused-ring (bicyclic) bond motifs is 1. The number of morpholine rings is 1. The van der Waals surface area contributed by atoms with E-state index in [1.54, 1.807) is 4.90 Å². The second kappa shape index (κ2) is 8.19. The average Bonchev–Trinajstić information content (AvgIpc) is 3.21. The zero-order chi connectivity index (χ0) is 19.5. The van der Waals surface area contributed by atoms with E-state index in [9.17, 15) is 9.59 Å². The Hall–Kier alpha value is -2.60. The van der Waals surface area contributed by atoms with Gasteiger partial charge in [0.15, 0.2) is 0 Å².